The summed E-state index contributed by atoms with van der Waals surface area (Å²) in [5.74, 6) is -1.57. The fourth-order valence-corrected chi connectivity index (χ4v) is 3.54. The number of carbonyl (C=O) groups is 2. The zero-order chi connectivity index (χ0) is 19.8. The minimum Gasteiger partial charge on any atom is -0.371 e. The monoisotopic (exact) mass is 400 g/mol. The SMILES string of the molecule is CNc1nc(SC)nc(NNC(=O)[C@H](CC2CCCC2)CN(O)C=O)c1F. The molecule has 0 aromatic carbocycles. The van der Waals surface area contributed by atoms with E-state index in [-0.39, 0.29) is 24.6 Å². The Balaban J connectivity index is 2.06. The molecule has 150 valence electrons. The number of nitrogens with one attached hydrogen (secondary N) is 3. The summed E-state index contributed by atoms with van der Waals surface area (Å²) >= 11 is 1.23. The van der Waals surface area contributed by atoms with E-state index in [1.54, 1.807) is 6.26 Å². The Morgan fingerprint density at radius 2 is 2.07 bits per heavy atom. The summed E-state index contributed by atoms with van der Waals surface area (Å²) in [7, 11) is 1.53. The van der Waals surface area contributed by atoms with Crippen molar-refractivity contribution in [1.82, 2.24) is 20.5 Å². The van der Waals surface area contributed by atoms with Gasteiger partial charge in [-0.3, -0.25) is 25.6 Å². The maximum atomic E-state index is 14.3. The molecule has 4 N–H and O–H groups in total. The van der Waals surface area contributed by atoms with Gasteiger partial charge in [-0.1, -0.05) is 37.4 Å². The molecular formula is C16H25FN6O3S. The number of anilines is 2. The van der Waals surface area contributed by atoms with Gasteiger partial charge < -0.3 is 5.32 Å². The average Bonchev–Trinajstić information content (AvgIpc) is 3.19. The molecule has 1 fully saturated rings. The highest BCUT2D eigenvalue weighted by molar-refractivity contribution is 7.98. The zero-order valence-electron chi connectivity index (χ0n) is 15.4. The van der Waals surface area contributed by atoms with E-state index in [0.717, 1.165) is 25.7 Å². The van der Waals surface area contributed by atoms with Gasteiger partial charge in [-0.2, -0.15) is 4.39 Å². The molecule has 27 heavy (non-hydrogen) atoms. The minimum atomic E-state index is -0.723. The molecule has 0 radical (unpaired) electrons. The van der Waals surface area contributed by atoms with Crippen molar-refractivity contribution in [2.45, 2.75) is 37.3 Å². The Hall–Kier alpha value is -2.14. The molecule has 2 amide bonds. The molecule has 1 aromatic heterocycles. The van der Waals surface area contributed by atoms with Crippen molar-refractivity contribution < 1.29 is 19.2 Å². The molecule has 0 unspecified atom stereocenters. The molecule has 1 atom stereocenters. The lowest BCUT2D eigenvalue weighted by molar-refractivity contribution is -0.154. The smallest absolute Gasteiger partial charge is 0.243 e. The number of rotatable bonds is 10. The lowest BCUT2D eigenvalue weighted by atomic mass is 9.92. The molecule has 1 aliphatic carbocycles. The Bertz CT molecular complexity index is 659. The predicted octanol–water partition coefficient (Wildman–Crippen LogP) is 1.87. The van der Waals surface area contributed by atoms with Crippen molar-refractivity contribution in [3.8, 4) is 0 Å². The van der Waals surface area contributed by atoms with Gasteiger partial charge in [0, 0.05) is 7.05 Å². The minimum absolute atomic E-state index is 0.0103. The molecule has 9 nitrogen and oxygen atoms in total. The van der Waals surface area contributed by atoms with Gasteiger partial charge in [0.1, 0.15) is 0 Å². The largest absolute Gasteiger partial charge is 0.371 e. The highest BCUT2D eigenvalue weighted by atomic mass is 32.2. The summed E-state index contributed by atoms with van der Waals surface area (Å²) < 4.78 is 14.3. The van der Waals surface area contributed by atoms with Crippen molar-refractivity contribution in [2.24, 2.45) is 11.8 Å². The Morgan fingerprint density at radius 1 is 1.41 bits per heavy atom. The standard InChI is InChI=1S/C16H25FN6O3S/c1-18-13-12(17)14(20-16(19-13)27-2)21-22-15(25)11(8-23(26)9-24)7-10-5-3-4-6-10/h9-11,26H,3-8H2,1-2H3,(H,22,25)(H2,18,19,20,21)/t11-/m1/s1. The Morgan fingerprint density at radius 3 is 2.67 bits per heavy atom. The average molecular weight is 400 g/mol. The molecule has 11 heteroatoms. The van der Waals surface area contributed by atoms with Gasteiger partial charge in [0.25, 0.3) is 0 Å². The maximum Gasteiger partial charge on any atom is 0.243 e. The van der Waals surface area contributed by atoms with Crippen molar-refractivity contribution in [1.29, 1.82) is 0 Å². The molecule has 1 heterocycles. The lowest BCUT2D eigenvalue weighted by Crippen LogP contribution is -2.41. The van der Waals surface area contributed by atoms with Crippen molar-refractivity contribution >= 4 is 35.7 Å². The second-order valence-corrected chi connectivity index (χ2v) is 7.17. The molecule has 2 rings (SSSR count). The van der Waals surface area contributed by atoms with Crippen LogP contribution >= 0.6 is 11.8 Å². The van der Waals surface area contributed by atoms with Crippen LogP contribution in [0.3, 0.4) is 0 Å². The third-order valence-corrected chi connectivity index (χ3v) is 5.09. The molecule has 0 aliphatic heterocycles. The molecule has 0 bridgehead atoms. The first-order valence-electron chi connectivity index (χ1n) is 8.74. The van der Waals surface area contributed by atoms with Crippen LogP contribution in [0, 0.1) is 17.7 Å². The summed E-state index contributed by atoms with van der Waals surface area (Å²) in [6, 6.07) is 0. The van der Waals surface area contributed by atoms with E-state index in [2.05, 4.69) is 26.1 Å². The number of halogens is 1. The normalized spacial score (nSPS) is 15.3. The molecule has 0 spiro atoms. The van der Waals surface area contributed by atoms with Gasteiger partial charge in [-0.25, -0.2) is 15.0 Å². The number of aromatic nitrogens is 2. The first kappa shape index (κ1) is 21.2. The van der Waals surface area contributed by atoms with Crippen molar-refractivity contribution in [2.75, 3.05) is 30.6 Å². The van der Waals surface area contributed by atoms with Crippen LogP contribution in [-0.4, -0.2) is 52.4 Å². The summed E-state index contributed by atoms with van der Waals surface area (Å²) in [5, 5.41) is 12.9. The van der Waals surface area contributed by atoms with Crippen molar-refractivity contribution in [3.05, 3.63) is 5.82 Å². The number of nitrogens with zero attached hydrogens (tertiary/aromatic N) is 3. The van der Waals surface area contributed by atoms with Gasteiger partial charge in [0.2, 0.25) is 18.1 Å². The van der Waals surface area contributed by atoms with E-state index in [4.69, 9.17) is 0 Å². The number of hydrazine groups is 1. The molecule has 1 aromatic rings. The first-order chi connectivity index (χ1) is 13.0. The van der Waals surface area contributed by atoms with Crippen LogP contribution in [0.5, 0.6) is 0 Å². The second kappa shape index (κ2) is 10.3. The topological polar surface area (TPSA) is 119 Å². The summed E-state index contributed by atoms with van der Waals surface area (Å²) in [6.07, 6.45) is 6.83. The number of hydroxylamine groups is 2. The quantitative estimate of drug-likeness (QED) is 0.154. The second-order valence-electron chi connectivity index (χ2n) is 6.40. The lowest BCUT2D eigenvalue weighted by Gasteiger charge is -2.22. The highest BCUT2D eigenvalue weighted by Gasteiger charge is 2.27. The predicted molar refractivity (Wildman–Crippen MR) is 99.7 cm³/mol. The zero-order valence-corrected chi connectivity index (χ0v) is 16.2. The van der Waals surface area contributed by atoms with Crippen molar-refractivity contribution in [3.63, 3.8) is 0 Å². The number of amides is 2. The van der Waals surface area contributed by atoms with Crippen LogP contribution in [0.2, 0.25) is 0 Å². The number of hydrogen-bond acceptors (Lipinski definition) is 8. The fourth-order valence-electron chi connectivity index (χ4n) is 3.17. The van der Waals surface area contributed by atoms with Crippen LogP contribution in [0.4, 0.5) is 16.0 Å². The van der Waals surface area contributed by atoms with E-state index in [0.29, 0.717) is 22.6 Å². The fraction of sp³-hybridized carbons (Fsp3) is 0.625. The van der Waals surface area contributed by atoms with Crippen LogP contribution in [0.1, 0.15) is 32.1 Å². The number of carbonyl (C=O) groups excluding carboxylic acids is 2. The van der Waals surface area contributed by atoms with E-state index >= 15 is 0 Å². The third-order valence-electron chi connectivity index (χ3n) is 4.55. The third kappa shape index (κ3) is 5.93. The van der Waals surface area contributed by atoms with Crippen LogP contribution < -0.4 is 16.2 Å². The molecular weight excluding hydrogens is 375 g/mol. The molecule has 0 saturated heterocycles. The van der Waals surface area contributed by atoms with Crippen LogP contribution in [-0.2, 0) is 9.59 Å². The molecule has 1 saturated carbocycles. The van der Waals surface area contributed by atoms with E-state index < -0.39 is 17.6 Å². The maximum absolute atomic E-state index is 14.3. The van der Waals surface area contributed by atoms with Crippen LogP contribution in [0.15, 0.2) is 5.16 Å². The van der Waals surface area contributed by atoms with Crippen LogP contribution in [0.25, 0.3) is 0 Å². The first-order valence-corrected chi connectivity index (χ1v) is 9.96. The van der Waals surface area contributed by atoms with E-state index in [9.17, 15) is 19.2 Å². The number of thioether (sulfide) groups is 1. The van der Waals surface area contributed by atoms with Gasteiger partial charge in [0.15, 0.2) is 16.8 Å². The van der Waals surface area contributed by atoms with Gasteiger partial charge in [-0.15, -0.1) is 0 Å². The highest BCUT2D eigenvalue weighted by Crippen LogP contribution is 2.30. The van der Waals surface area contributed by atoms with Gasteiger partial charge in [-0.05, 0) is 18.6 Å². The van der Waals surface area contributed by atoms with Gasteiger partial charge in [0.05, 0.1) is 12.5 Å². The van der Waals surface area contributed by atoms with Gasteiger partial charge >= 0.3 is 0 Å². The Labute approximate surface area is 161 Å². The molecule has 1 aliphatic rings. The van der Waals surface area contributed by atoms with E-state index in [1.165, 1.54) is 18.8 Å². The summed E-state index contributed by atoms with van der Waals surface area (Å²) in [5.41, 5.74) is 4.93. The summed E-state index contributed by atoms with van der Waals surface area (Å²) in [4.78, 5) is 31.3. The Kier molecular flexibility index (Phi) is 8.04. The number of hydrogen-bond donors (Lipinski definition) is 4. The summed E-state index contributed by atoms with van der Waals surface area (Å²) in [6.45, 7) is -0.127. The van der Waals surface area contributed by atoms with E-state index in [1.807, 2.05) is 0 Å².